The van der Waals surface area contributed by atoms with Crippen molar-refractivity contribution in [3.63, 3.8) is 0 Å². The van der Waals surface area contributed by atoms with Crippen molar-refractivity contribution >= 4 is 89.4 Å². The van der Waals surface area contributed by atoms with Crippen LogP contribution < -0.4 is 0 Å². The van der Waals surface area contributed by atoms with Crippen LogP contribution in [0.3, 0.4) is 0 Å². The summed E-state index contributed by atoms with van der Waals surface area (Å²) in [6.45, 7) is 2.06. The summed E-state index contributed by atoms with van der Waals surface area (Å²) in [5.74, 6) is -1.63. The summed E-state index contributed by atoms with van der Waals surface area (Å²) in [5, 5.41) is 1.60. The molecule has 1 unspecified atom stereocenters. The number of benzene rings is 3. The van der Waals surface area contributed by atoms with Gasteiger partial charge >= 0.3 is 12.1 Å². The van der Waals surface area contributed by atoms with Gasteiger partial charge in [0, 0.05) is 54.6 Å². The number of amides is 1. The third-order valence-electron chi connectivity index (χ3n) is 9.41. The van der Waals surface area contributed by atoms with Gasteiger partial charge in [-0.25, -0.2) is 13.2 Å². The molecule has 0 bridgehead atoms. The number of carbonyl (C=O) groups is 4. The van der Waals surface area contributed by atoms with E-state index in [1.807, 2.05) is 33.7 Å². The minimum absolute atomic E-state index is 0.0234. The zero-order valence-electron chi connectivity index (χ0n) is 30.1. The number of ether oxygens (including phenoxy) is 3. The van der Waals surface area contributed by atoms with Gasteiger partial charge in [0.05, 0.1) is 39.3 Å². The van der Waals surface area contributed by atoms with Crippen LogP contribution in [0.4, 0.5) is 4.79 Å². The van der Waals surface area contributed by atoms with E-state index in [1.165, 1.54) is 19.1 Å². The molecule has 0 saturated carbocycles. The number of esters is 1. The van der Waals surface area contributed by atoms with Crippen molar-refractivity contribution in [2.24, 2.45) is 5.92 Å². The highest BCUT2D eigenvalue weighted by Gasteiger charge is 2.32. The first-order chi connectivity index (χ1) is 26.3. The average Bonchev–Trinajstić information content (AvgIpc) is 3.84. The molecule has 1 aromatic heterocycles. The molecule has 55 heavy (non-hydrogen) atoms. The number of hydrogen-bond donors (Lipinski definition) is 0. The third-order valence-corrected chi connectivity index (χ3v) is 14.2. The van der Waals surface area contributed by atoms with Crippen LogP contribution in [0.15, 0.2) is 70.2 Å². The summed E-state index contributed by atoms with van der Waals surface area (Å²) >= 11 is 13.6. The van der Waals surface area contributed by atoms with Crippen LogP contribution in [-0.2, 0) is 48.2 Å². The van der Waals surface area contributed by atoms with Crippen LogP contribution in [0.5, 0.6) is 0 Å². The van der Waals surface area contributed by atoms with Gasteiger partial charge in [0.1, 0.15) is 5.58 Å². The summed E-state index contributed by atoms with van der Waals surface area (Å²) in [7, 11) is 0.106. The van der Waals surface area contributed by atoms with E-state index in [-0.39, 0.29) is 46.0 Å². The molecule has 2 aliphatic rings. The highest BCUT2D eigenvalue weighted by Crippen LogP contribution is 2.40. The number of Topliss-reactive ketones (excluding diaryl/α,β-unsaturated/α-hetero) is 1. The number of ketones is 1. The van der Waals surface area contributed by atoms with Crippen LogP contribution in [0, 0.1) is 5.92 Å². The second kappa shape index (κ2) is 18.1. The maximum Gasteiger partial charge on any atom is 0.511 e. The highest BCUT2D eigenvalue weighted by atomic mass is 35.5. The summed E-state index contributed by atoms with van der Waals surface area (Å²) < 4.78 is 45.8. The first-order valence-corrected chi connectivity index (χ1v) is 22.7. The number of furan rings is 1. The highest BCUT2D eigenvalue weighted by molar-refractivity contribution is 8.77. The summed E-state index contributed by atoms with van der Waals surface area (Å²) in [6, 6.07) is 14.7. The van der Waals surface area contributed by atoms with Gasteiger partial charge in [0.25, 0.3) is 5.91 Å². The Balaban J connectivity index is 1.15. The second-order valence-electron chi connectivity index (χ2n) is 13.5. The van der Waals surface area contributed by atoms with Crippen molar-refractivity contribution in [3.05, 3.63) is 98.7 Å². The molecule has 3 heterocycles. The fourth-order valence-electron chi connectivity index (χ4n) is 6.59. The Morgan fingerprint density at radius 2 is 1.87 bits per heavy atom. The summed E-state index contributed by atoms with van der Waals surface area (Å²) in [6.07, 6.45) is 2.86. The molecule has 6 rings (SSSR count). The Morgan fingerprint density at radius 3 is 2.64 bits per heavy atom. The van der Waals surface area contributed by atoms with Crippen LogP contribution in [-0.4, -0.2) is 73.8 Å². The molecule has 4 aromatic rings. The van der Waals surface area contributed by atoms with Gasteiger partial charge in [-0.1, -0.05) is 63.0 Å². The second-order valence-corrected chi connectivity index (χ2v) is 19.1. The number of hydrogen-bond acceptors (Lipinski definition) is 12. The molecule has 0 aliphatic carbocycles. The quantitative estimate of drug-likeness (QED) is 0.0393. The maximum absolute atomic E-state index is 14.0. The van der Waals surface area contributed by atoms with Gasteiger partial charge in [-0.15, -0.1) is 0 Å². The first kappa shape index (κ1) is 41.0. The lowest BCUT2D eigenvalue weighted by atomic mass is 9.89. The molecule has 0 N–H and O–H groups in total. The number of rotatable bonds is 14. The summed E-state index contributed by atoms with van der Waals surface area (Å²) in [4.78, 5) is 55.1. The van der Waals surface area contributed by atoms with Gasteiger partial charge in [-0.05, 0) is 85.2 Å². The van der Waals surface area contributed by atoms with Crippen LogP contribution >= 0.6 is 44.8 Å². The molecular weight excluding hydrogens is 810 g/mol. The van der Waals surface area contributed by atoms with E-state index < -0.39 is 46.4 Å². The Kier molecular flexibility index (Phi) is 13.4. The normalized spacial score (nSPS) is 16.7. The lowest BCUT2D eigenvalue weighted by Gasteiger charge is -2.30. The van der Waals surface area contributed by atoms with Crippen LogP contribution in [0.25, 0.3) is 11.0 Å². The Labute approximate surface area is 337 Å². The lowest BCUT2D eigenvalue weighted by Crippen LogP contribution is -2.36. The molecule has 1 amide bonds. The lowest BCUT2D eigenvalue weighted by molar-refractivity contribution is -0.172. The van der Waals surface area contributed by atoms with Crippen LogP contribution in [0.1, 0.15) is 70.0 Å². The molecule has 3 aromatic carbocycles. The number of sulfone groups is 1. The largest absolute Gasteiger partial charge is 0.511 e. The minimum atomic E-state index is -3.57. The van der Waals surface area contributed by atoms with Gasteiger partial charge in [0.2, 0.25) is 6.29 Å². The Bertz CT molecular complexity index is 2200. The fraction of sp³-hybridized carbons (Fsp3) is 0.385. The van der Waals surface area contributed by atoms with Gasteiger partial charge in [-0.2, -0.15) is 0 Å². The van der Waals surface area contributed by atoms with E-state index in [9.17, 15) is 27.6 Å². The molecule has 0 radical (unpaired) electrons. The average molecular weight is 849 g/mol. The molecule has 3 atom stereocenters. The molecule has 11 nitrogen and oxygen atoms in total. The molecule has 2 aliphatic heterocycles. The predicted molar refractivity (Wildman–Crippen MR) is 212 cm³/mol. The Morgan fingerprint density at radius 1 is 1.05 bits per heavy atom. The molecular formula is C39H39Cl2NO10S3. The number of fused-ring (bicyclic) bond motifs is 2. The van der Waals surface area contributed by atoms with Crippen molar-refractivity contribution in [2.75, 3.05) is 25.2 Å². The van der Waals surface area contributed by atoms with E-state index in [4.69, 9.17) is 41.8 Å². The van der Waals surface area contributed by atoms with E-state index in [0.29, 0.717) is 52.5 Å². The van der Waals surface area contributed by atoms with Crippen molar-refractivity contribution in [1.29, 1.82) is 0 Å². The van der Waals surface area contributed by atoms with Gasteiger partial charge in [-0.3, -0.25) is 14.4 Å². The van der Waals surface area contributed by atoms with Crippen molar-refractivity contribution in [3.8, 4) is 0 Å². The van der Waals surface area contributed by atoms with E-state index >= 15 is 0 Å². The Hall–Kier alpha value is -3.69. The van der Waals surface area contributed by atoms with Gasteiger partial charge in [0.15, 0.2) is 15.6 Å². The fourth-order valence-corrected chi connectivity index (χ4v) is 11.1. The van der Waals surface area contributed by atoms with Crippen molar-refractivity contribution in [2.45, 2.75) is 68.4 Å². The molecule has 292 valence electrons. The first-order valence-electron chi connectivity index (χ1n) is 17.7. The smallest absolute Gasteiger partial charge is 0.464 e. The maximum atomic E-state index is 14.0. The van der Waals surface area contributed by atoms with Crippen molar-refractivity contribution in [1.82, 2.24) is 4.90 Å². The van der Waals surface area contributed by atoms with Crippen LogP contribution in [0.2, 0.25) is 10.0 Å². The zero-order chi connectivity index (χ0) is 39.3. The zero-order valence-corrected chi connectivity index (χ0v) is 34.0. The summed E-state index contributed by atoms with van der Waals surface area (Å²) in [5.41, 5.74) is 2.92. The number of nitrogens with zero attached hydrogens (tertiary/aromatic N) is 1. The van der Waals surface area contributed by atoms with E-state index in [2.05, 4.69) is 0 Å². The van der Waals surface area contributed by atoms with E-state index in [1.54, 1.807) is 41.5 Å². The molecule has 1 saturated heterocycles. The molecule has 1 fully saturated rings. The third kappa shape index (κ3) is 10.4. The SMILES string of the molecule is CC(OC(=O)OCCC[C@@H]1CCSS1)OC(=O)[C@@H](CC(=O)c1c(Cl)cc2c(c1Cl)CCN(C(=O)c1ccc3ccoc3c1)C2)Cc1cccc(S(C)(=O)=O)c1. The van der Waals surface area contributed by atoms with Crippen molar-refractivity contribution < 1.29 is 46.2 Å². The predicted octanol–water partition coefficient (Wildman–Crippen LogP) is 8.75. The monoisotopic (exact) mass is 847 g/mol. The number of carbonyl (C=O) groups excluding carboxylic acids is 4. The number of halogens is 2. The van der Waals surface area contributed by atoms with Gasteiger partial charge < -0.3 is 23.5 Å². The molecule has 16 heteroatoms. The standard InChI is InChI=1S/C39H39Cl2NO10S3/c1-23(52-39(46)50-14-4-6-29-12-16-53-54-29)51-38(45)27(17-24-5-3-7-30(18-24)55(2,47)48)20-33(43)35-32(40)19-28-22-42(13-10-31(28)36(35)41)37(44)26-9-8-25-11-15-49-34(25)21-26/h3,5,7-9,11,15,18-19,21,23,27,29H,4,6,10,12-14,16-17,20,22H2,1-2H3/t23?,27-,29-/m1/s1. The topological polar surface area (TPSA) is 146 Å². The van der Waals surface area contributed by atoms with E-state index in [0.717, 1.165) is 30.2 Å². The minimum Gasteiger partial charge on any atom is -0.464 e. The molecule has 0 spiro atoms.